The molecule has 0 atom stereocenters. The van der Waals surface area contributed by atoms with Gasteiger partial charge in [0.05, 0.1) is 5.69 Å². The van der Waals surface area contributed by atoms with Crippen LogP contribution in [0.25, 0.3) is 0 Å². The smallest absolute Gasteiger partial charge is 0.310 e. The Morgan fingerprint density at radius 2 is 1.65 bits per heavy atom. The fraction of sp³-hybridized carbons (Fsp3) is 0.385. The largest absolute Gasteiger partial charge is 0.332 e. The first-order valence-corrected chi connectivity index (χ1v) is 5.61. The van der Waals surface area contributed by atoms with E-state index in [1.54, 1.807) is 17.0 Å². The molecule has 2 rings (SSSR count). The predicted octanol–water partition coefficient (Wildman–Crippen LogP) is 2.25. The highest BCUT2D eigenvalue weighted by Gasteiger charge is 2.42. The Balaban J connectivity index is 2.33. The first-order chi connectivity index (χ1) is 7.91. The molecule has 17 heavy (non-hydrogen) atoms. The van der Waals surface area contributed by atoms with Gasteiger partial charge in [-0.1, -0.05) is 18.2 Å². The minimum atomic E-state index is -0.337. The Morgan fingerprint density at radius 1 is 1.06 bits per heavy atom. The molecule has 0 bridgehead atoms. The van der Waals surface area contributed by atoms with Crippen molar-refractivity contribution in [2.45, 2.75) is 26.3 Å². The molecule has 1 aliphatic rings. The lowest BCUT2D eigenvalue weighted by Crippen LogP contribution is -2.44. The molecule has 0 radical (unpaired) electrons. The Labute approximate surface area is 101 Å². The Bertz CT molecular complexity index is 448. The lowest BCUT2D eigenvalue weighted by Gasteiger charge is -2.30. The Morgan fingerprint density at radius 3 is 2.12 bits per heavy atom. The Kier molecular flexibility index (Phi) is 2.65. The molecule has 1 aromatic rings. The van der Waals surface area contributed by atoms with Crippen LogP contribution >= 0.6 is 0 Å². The molecule has 0 unspecified atom stereocenters. The average molecular weight is 232 g/mol. The average Bonchev–Trinajstić information content (AvgIpc) is 2.55. The van der Waals surface area contributed by atoms with Gasteiger partial charge in [0.2, 0.25) is 0 Å². The lowest BCUT2D eigenvalue weighted by molar-refractivity contribution is -0.117. The fourth-order valence-electron chi connectivity index (χ4n) is 1.86. The highest BCUT2D eigenvalue weighted by Crippen LogP contribution is 2.26. The van der Waals surface area contributed by atoms with Gasteiger partial charge in [-0.2, -0.15) is 0 Å². The second-order valence-corrected chi connectivity index (χ2v) is 5.10. The number of carbonyl (C=O) groups is 2. The van der Waals surface area contributed by atoms with Crippen molar-refractivity contribution in [3.05, 3.63) is 30.3 Å². The number of nitrogens with zero attached hydrogens (tertiary/aromatic N) is 2. The summed E-state index contributed by atoms with van der Waals surface area (Å²) in [5, 5.41) is 0. The standard InChI is InChI=1S/C13H16N2O2/c1-13(2,3)14-9-11(16)15(12(14)17)10-7-5-4-6-8-10/h4-8H,9H2,1-3H3. The molecule has 1 aromatic carbocycles. The van der Waals surface area contributed by atoms with Crippen LogP contribution in [0.2, 0.25) is 0 Å². The molecule has 4 heteroatoms. The van der Waals surface area contributed by atoms with Gasteiger partial charge in [-0.25, -0.2) is 9.69 Å². The van der Waals surface area contributed by atoms with Crippen molar-refractivity contribution >= 4 is 17.6 Å². The summed E-state index contributed by atoms with van der Waals surface area (Å²) in [7, 11) is 0. The maximum atomic E-state index is 12.2. The van der Waals surface area contributed by atoms with Crippen molar-refractivity contribution in [2.75, 3.05) is 11.4 Å². The van der Waals surface area contributed by atoms with Crippen molar-refractivity contribution in [3.63, 3.8) is 0 Å². The second-order valence-electron chi connectivity index (χ2n) is 5.10. The quantitative estimate of drug-likeness (QED) is 0.697. The van der Waals surface area contributed by atoms with E-state index in [9.17, 15) is 9.59 Å². The number of hydrogen-bond acceptors (Lipinski definition) is 2. The summed E-state index contributed by atoms with van der Waals surface area (Å²) >= 11 is 0. The summed E-state index contributed by atoms with van der Waals surface area (Å²) in [6.45, 7) is 5.92. The van der Waals surface area contributed by atoms with Crippen molar-refractivity contribution in [1.82, 2.24) is 4.90 Å². The monoisotopic (exact) mass is 232 g/mol. The summed E-state index contributed by atoms with van der Waals surface area (Å²) in [6.07, 6.45) is 0. The molecule has 0 aromatic heterocycles. The van der Waals surface area contributed by atoms with Gasteiger partial charge in [-0.3, -0.25) is 4.79 Å². The van der Waals surface area contributed by atoms with E-state index in [1.807, 2.05) is 39.0 Å². The van der Waals surface area contributed by atoms with Gasteiger partial charge in [0.1, 0.15) is 6.54 Å². The third-order valence-electron chi connectivity index (χ3n) is 2.79. The fourth-order valence-corrected chi connectivity index (χ4v) is 1.86. The third-order valence-corrected chi connectivity index (χ3v) is 2.79. The lowest BCUT2D eigenvalue weighted by atomic mass is 10.1. The Hall–Kier alpha value is -1.84. The number of amides is 3. The summed E-state index contributed by atoms with van der Waals surface area (Å²) in [4.78, 5) is 26.9. The van der Waals surface area contributed by atoms with Crippen LogP contribution in [0.4, 0.5) is 10.5 Å². The molecular formula is C13H16N2O2. The minimum absolute atomic E-state index is 0.150. The van der Waals surface area contributed by atoms with Gasteiger partial charge >= 0.3 is 6.03 Å². The molecule has 0 N–H and O–H groups in total. The predicted molar refractivity (Wildman–Crippen MR) is 65.8 cm³/mol. The van der Waals surface area contributed by atoms with E-state index >= 15 is 0 Å². The number of hydrogen-bond donors (Lipinski definition) is 0. The van der Waals surface area contributed by atoms with Crippen LogP contribution < -0.4 is 4.90 Å². The van der Waals surface area contributed by atoms with E-state index in [0.717, 1.165) is 0 Å². The molecule has 90 valence electrons. The van der Waals surface area contributed by atoms with Crippen LogP contribution in [-0.2, 0) is 4.79 Å². The van der Waals surface area contributed by atoms with Gasteiger partial charge < -0.3 is 4.90 Å². The van der Waals surface area contributed by atoms with Crippen LogP contribution in [0.5, 0.6) is 0 Å². The van der Waals surface area contributed by atoms with Crippen LogP contribution in [0.3, 0.4) is 0 Å². The number of anilines is 1. The molecule has 1 aliphatic heterocycles. The zero-order chi connectivity index (χ0) is 12.6. The van der Waals surface area contributed by atoms with Gasteiger partial charge in [0.15, 0.2) is 0 Å². The number of para-hydroxylation sites is 1. The number of rotatable bonds is 1. The first-order valence-electron chi connectivity index (χ1n) is 5.61. The van der Waals surface area contributed by atoms with E-state index in [0.29, 0.717) is 5.69 Å². The van der Waals surface area contributed by atoms with Gasteiger partial charge in [-0.15, -0.1) is 0 Å². The van der Waals surface area contributed by atoms with Gasteiger partial charge in [-0.05, 0) is 32.9 Å². The number of carbonyl (C=O) groups excluding carboxylic acids is 2. The first kappa shape index (κ1) is 11.6. The van der Waals surface area contributed by atoms with Gasteiger partial charge in [0, 0.05) is 5.54 Å². The summed E-state index contributed by atoms with van der Waals surface area (Å²) < 4.78 is 0. The number of benzene rings is 1. The van der Waals surface area contributed by atoms with Gasteiger partial charge in [0.25, 0.3) is 5.91 Å². The minimum Gasteiger partial charge on any atom is -0.310 e. The van der Waals surface area contributed by atoms with E-state index in [2.05, 4.69) is 0 Å². The SMILES string of the molecule is CC(C)(C)N1CC(=O)N(c2ccccc2)C1=O. The normalized spacial score (nSPS) is 16.9. The molecule has 3 amide bonds. The van der Waals surface area contributed by atoms with Crippen LogP contribution in [0, 0.1) is 0 Å². The van der Waals surface area contributed by atoms with Crippen molar-refractivity contribution in [3.8, 4) is 0 Å². The zero-order valence-electron chi connectivity index (χ0n) is 10.3. The molecule has 0 spiro atoms. The molecule has 1 heterocycles. The zero-order valence-corrected chi connectivity index (χ0v) is 10.3. The van der Waals surface area contributed by atoms with Crippen molar-refractivity contribution < 1.29 is 9.59 Å². The summed E-state index contributed by atoms with van der Waals surface area (Å²) in [5.74, 6) is -0.170. The van der Waals surface area contributed by atoms with Crippen LogP contribution in [0.15, 0.2) is 30.3 Å². The highest BCUT2D eigenvalue weighted by atomic mass is 16.2. The van der Waals surface area contributed by atoms with Crippen molar-refractivity contribution in [2.24, 2.45) is 0 Å². The maximum absolute atomic E-state index is 12.2. The molecular weight excluding hydrogens is 216 g/mol. The molecule has 1 fully saturated rings. The number of imide groups is 1. The van der Waals surface area contributed by atoms with Crippen molar-refractivity contribution in [1.29, 1.82) is 0 Å². The molecule has 4 nitrogen and oxygen atoms in total. The van der Waals surface area contributed by atoms with Crippen LogP contribution in [0.1, 0.15) is 20.8 Å². The third kappa shape index (κ3) is 2.02. The second kappa shape index (κ2) is 3.87. The van der Waals surface area contributed by atoms with E-state index < -0.39 is 0 Å². The highest BCUT2D eigenvalue weighted by molar-refractivity contribution is 6.20. The van der Waals surface area contributed by atoms with E-state index in [-0.39, 0.29) is 24.0 Å². The summed E-state index contributed by atoms with van der Waals surface area (Å²) in [6, 6.07) is 8.78. The van der Waals surface area contributed by atoms with E-state index in [1.165, 1.54) is 4.90 Å². The molecule has 0 saturated carbocycles. The summed E-state index contributed by atoms with van der Waals surface area (Å²) in [5.41, 5.74) is 0.297. The topological polar surface area (TPSA) is 40.6 Å². The van der Waals surface area contributed by atoms with Crippen LogP contribution in [-0.4, -0.2) is 28.9 Å². The molecule has 0 aliphatic carbocycles. The molecule has 1 saturated heterocycles. The van der Waals surface area contributed by atoms with E-state index in [4.69, 9.17) is 0 Å². The maximum Gasteiger partial charge on any atom is 0.332 e. The number of urea groups is 1.